The largest absolute Gasteiger partial charge is 0.464 e. The summed E-state index contributed by atoms with van der Waals surface area (Å²) in [6.07, 6.45) is 0.826. The normalized spacial score (nSPS) is 12.2. The third-order valence-electron chi connectivity index (χ3n) is 2.53. The summed E-state index contributed by atoms with van der Waals surface area (Å²) in [4.78, 5) is 34.5. The highest BCUT2D eigenvalue weighted by atomic mass is 32.1. The first-order chi connectivity index (χ1) is 9.06. The fourth-order valence-corrected chi connectivity index (χ4v) is 1.78. The minimum atomic E-state index is -0.742. The number of hydrogen-bond donors (Lipinski definition) is 3. The number of ether oxygens (including phenoxy) is 1. The van der Waals surface area contributed by atoms with Gasteiger partial charge in [-0.3, -0.25) is 9.59 Å². The van der Waals surface area contributed by atoms with E-state index in [1.165, 1.54) is 0 Å². The molecule has 6 nitrogen and oxygen atoms in total. The van der Waals surface area contributed by atoms with E-state index >= 15 is 0 Å². The lowest BCUT2D eigenvalue weighted by Crippen LogP contribution is -2.43. The second kappa shape index (κ2) is 7.18. The molecule has 0 spiro atoms. The summed E-state index contributed by atoms with van der Waals surface area (Å²) in [5.74, 6) is -0.322. The smallest absolute Gasteiger partial charge is 0.329 e. The van der Waals surface area contributed by atoms with Crippen LogP contribution in [0.3, 0.4) is 0 Å². The number of thiol groups is 1. The van der Waals surface area contributed by atoms with E-state index in [1.54, 1.807) is 6.92 Å². The number of carbonyl (C=O) groups excluding carboxylic acids is 1. The van der Waals surface area contributed by atoms with Crippen LogP contribution in [0.2, 0.25) is 0 Å². The first-order valence-electron chi connectivity index (χ1n) is 6.17. The second-order valence-electron chi connectivity index (χ2n) is 3.97. The van der Waals surface area contributed by atoms with Gasteiger partial charge in [-0.05, 0) is 13.3 Å². The SMILES string of the molecule is CCCNc1c(N[C@@H](CS)C(=O)OCC)c(=O)c1=O. The van der Waals surface area contributed by atoms with Gasteiger partial charge < -0.3 is 15.4 Å². The zero-order chi connectivity index (χ0) is 14.4. The van der Waals surface area contributed by atoms with E-state index in [-0.39, 0.29) is 23.7 Å². The van der Waals surface area contributed by atoms with Crippen LogP contribution in [0.25, 0.3) is 0 Å². The maximum atomic E-state index is 11.6. The fourth-order valence-electron chi connectivity index (χ4n) is 1.54. The van der Waals surface area contributed by atoms with E-state index in [2.05, 4.69) is 23.3 Å². The molecule has 0 bridgehead atoms. The zero-order valence-electron chi connectivity index (χ0n) is 11.0. The molecule has 1 aromatic carbocycles. The zero-order valence-corrected chi connectivity index (χ0v) is 11.9. The Bertz CT molecular complexity index is 508. The van der Waals surface area contributed by atoms with E-state index in [4.69, 9.17) is 4.74 Å². The van der Waals surface area contributed by atoms with Crippen LogP contribution < -0.4 is 21.5 Å². The third kappa shape index (κ3) is 3.50. The highest BCUT2D eigenvalue weighted by molar-refractivity contribution is 7.80. The molecule has 0 fully saturated rings. The standard InChI is InChI=1S/C12H18N2O4S/c1-3-5-13-8-9(11(16)10(8)15)14-7(6-19)12(17)18-4-2/h7,13-14,19H,3-6H2,1-2H3/t7-/m0/s1. The summed E-state index contributed by atoms with van der Waals surface area (Å²) < 4.78 is 4.85. The maximum Gasteiger partial charge on any atom is 0.329 e. The molecule has 0 unspecified atom stereocenters. The van der Waals surface area contributed by atoms with Crippen LogP contribution in [0.15, 0.2) is 9.59 Å². The second-order valence-corrected chi connectivity index (χ2v) is 4.33. The van der Waals surface area contributed by atoms with Gasteiger partial charge in [0, 0.05) is 12.3 Å². The average Bonchev–Trinajstić information content (AvgIpc) is 2.41. The summed E-state index contributed by atoms with van der Waals surface area (Å²) in [5, 5.41) is 5.59. The van der Waals surface area contributed by atoms with Crippen molar-refractivity contribution >= 4 is 30.0 Å². The van der Waals surface area contributed by atoms with E-state index in [1.807, 2.05) is 6.92 Å². The Morgan fingerprint density at radius 2 is 1.89 bits per heavy atom. The lowest BCUT2D eigenvalue weighted by Gasteiger charge is -2.19. The predicted octanol–water partition coefficient (Wildman–Crippen LogP) is 0.378. The van der Waals surface area contributed by atoms with Crippen molar-refractivity contribution in [3.05, 3.63) is 20.4 Å². The molecule has 7 heteroatoms. The molecule has 19 heavy (non-hydrogen) atoms. The molecule has 0 saturated carbocycles. The quantitative estimate of drug-likeness (QED) is 0.364. The van der Waals surface area contributed by atoms with E-state index in [9.17, 15) is 14.4 Å². The average molecular weight is 286 g/mol. The van der Waals surface area contributed by atoms with Gasteiger partial charge >= 0.3 is 5.97 Å². The number of hydrogen-bond acceptors (Lipinski definition) is 7. The van der Waals surface area contributed by atoms with Crippen molar-refractivity contribution in [2.24, 2.45) is 0 Å². The van der Waals surface area contributed by atoms with Crippen molar-refractivity contribution in [2.45, 2.75) is 26.3 Å². The molecule has 0 aromatic heterocycles. The van der Waals surface area contributed by atoms with Gasteiger partial charge in [-0.15, -0.1) is 0 Å². The highest BCUT2D eigenvalue weighted by Gasteiger charge is 2.26. The molecule has 1 aromatic rings. The van der Waals surface area contributed by atoms with Gasteiger partial charge in [0.1, 0.15) is 17.4 Å². The molecule has 0 aliphatic rings. The Morgan fingerprint density at radius 3 is 2.42 bits per heavy atom. The van der Waals surface area contributed by atoms with Crippen LogP contribution in [0.5, 0.6) is 0 Å². The van der Waals surface area contributed by atoms with Gasteiger partial charge in [-0.2, -0.15) is 12.6 Å². The first-order valence-corrected chi connectivity index (χ1v) is 6.81. The molecule has 0 radical (unpaired) electrons. The number of carbonyl (C=O) groups is 1. The van der Waals surface area contributed by atoms with Crippen molar-refractivity contribution < 1.29 is 9.53 Å². The summed E-state index contributed by atoms with van der Waals surface area (Å²) in [6.45, 7) is 4.47. The molecule has 0 saturated heterocycles. The summed E-state index contributed by atoms with van der Waals surface area (Å²) in [5.41, 5.74) is -0.791. The molecule has 106 valence electrons. The summed E-state index contributed by atoms with van der Waals surface area (Å²) >= 11 is 4.03. The van der Waals surface area contributed by atoms with Gasteiger partial charge in [-0.25, -0.2) is 4.79 Å². The number of nitrogens with one attached hydrogen (secondary N) is 2. The van der Waals surface area contributed by atoms with Gasteiger partial charge in [0.2, 0.25) is 0 Å². The van der Waals surface area contributed by atoms with Crippen molar-refractivity contribution in [2.75, 3.05) is 29.5 Å². The number of rotatable bonds is 8. The number of anilines is 2. The molecule has 0 aliphatic heterocycles. The van der Waals surface area contributed by atoms with Crippen LogP contribution in [0.1, 0.15) is 20.3 Å². The lowest BCUT2D eigenvalue weighted by molar-refractivity contribution is -0.143. The molecular weight excluding hydrogens is 268 g/mol. The van der Waals surface area contributed by atoms with Crippen LogP contribution in [-0.2, 0) is 9.53 Å². The molecule has 0 heterocycles. The molecule has 0 aliphatic carbocycles. The highest BCUT2D eigenvalue weighted by Crippen LogP contribution is 2.16. The number of esters is 1. The first kappa shape index (κ1) is 15.6. The van der Waals surface area contributed by atoms with E-state index in [0.717, 1.165) is 6.42 Å². The Hall–Kier alpha value is -1.50. The maximum absolute atomic E-state index is 11.6. The minimum absolute atomic E-state index is 0.144. The van der Waals surface area contributed by atoms with Crippen LogP contribution in [0.4, 0.5) is 11.4 Å². The fraction of sp³-hybridized carbons (Fsp3) is 0.583. The van der Waals surface area contributed by atoms with Gasteiger partial charge in [0.05, 0.1) is 6.61 Å². The topological polar surface area (TPSA) is 84.5 Å². The third-order valence-corrected chi connectivity index (χ3v) is 2.90. The minimum Gasteiger partial charge on any atom is -0.464 e. The predicted molar refractivity (Wildman–Crippen MR) is 78.0 cm³/mol. The molecular formula is C12H18N2O4S. The van der Waals surface area contributed by atoms with Crippen molar-refractivity contribution in [3.63, 3.8) is 0 Å². The van der Waals surface area contributed by atoms with Crippen LogP contribution in [-0.4, -0.2) is 30.9 Å². The van der Waals surface area contributed by atoms with Gasteiger partial charge in [0.25, 0.3) is 10.9 Å². The van der Waals surface area contributed by atoms with Crippen LogP contribution in [0, 0.1) is 0 Å². The Kier molecular flexibility index (Phi) is 5.88. The van der Waals surface area contributed by atoms with Gasteiger partial charge in [-0.1, -0.05) is 6.92 Å². The van der Waals surface area contributed by atoms with E-state index in [0.29, 0.717) is 6.54 Å². The molecule has 1 atom stereocenters. The summed E-state index contributed by atoms with van der Waals surface area (Å²) in [7, 11) is 0. The molecule has 0 amide bonds. The van der Waals surface area contributed by atoms with Crippen molar-refractivity contribution in [1.82, 2.24) is 0 Å². The Balaban J connectivity index is 2.80. The van der Waals surface area contributed by atoms with Gasteiger partial charge in [0.15, 0.2) is 0 Å². The molecule has 1 rings (SSSR count). The Morgan fingerprint density at radius 1 is 1.26 bits per heavy atom. The van der Waals surface area contributed by atoms with Crippen molar-refractivity contribution in [3.8, 4) is 0 Å². The molecule has 2 N–H and O–H groups in total. The van der Waals surface area contributed by atoms with Crippen molar-refractivity contribution in [1.29, 1.82) is 0 Å². The Labute approximate surface area is 116 Å². The monoisotopic (exact) mass is 286 g/mol. The lowest BCUT2D eigenvalue weighted by atomic mass is 10.1. The van der Waals surface area contributed by atoms with E-state index < -0.39 is 22.9 Å². The summed E-state index contributed by atoms with van der Waals surface area (Å²) in [6, 6.07) is -0.742. The van der Waals surface area contributed by atoms with Crippen LogP contribution >= 0.6 is 12.6 Å².